The number of rotatable bonds is 6. The fourth-order valence-corrected chi connectivity index (χ4v) is 19.4. The third kappa shape index (κ3) is 5.96. The summed E-state index contributed by atoms with van der Waals surface area (Å²) in [5.41, 5.74) is 13.8. The van der Waals surface area contributed by atoms with E-state index in [1.165, 1.54) is 43.1 Å². The fraction of sp³-hybridized carbons (Fsp3) is 0.409. The van der Waals surface area contributed by atoms with E-state index in [1.54, 1.807) is 0 Å². The van der Waals surface area contributed by atoms with Crippen LogP contribution in [0.2, 0.25) is 33.2 Å². The van der Waals surface area contributed by atoms with E-state index >= 15 is 0 Å². The first-order valence-electron chi connectivity index (χ1n) is 17.6. The average Bonchev–Trinajstić information content (AvgIpc) is 2.97. The van der Waals surface area contributed by atoms with Crippen molar-refractivity contribution in [2.75, 3.05) is 0 Å². The van der Waals surface area contributed by atoms with E-state index in [9.17, 15) is 0 Å². The van der Waals surface area contributed by atoms with E-state index in [2.05, 4.69) is 179 Å². The van der Waals surface area contributed by atoms with Gasteiger partial charge in [0.05, 0.1) is 0 Å². The molecule has 0 nitrogen and oxygen atoms in total. The Kier molecular flexibility index (Phi) is 9.67. The van der Waals surface area contributed by atoms with Crippen LogP contribution in [0.4, 0.5) is 0 Å². The molecule has 5 rings (SSSR count). The minimum absolute atomic E-state index is 0.589. The van der Waals surface area contributed by atoms with Crippen LogP contribution in [0.1, 0.15) is 94.2 Å². The van der Waals surface area contributed by atoms with Crippen molar-refractivity contribution in [1.29, 1.82) is 0 Å². The first kappa shape index (κ1) is 34.0. The van der Waals surface area contributed by atoms with Gasteiger partial charge in [0.25, 0.3) is 0 Å². The minimum Gasteiger partial charge on any atom is -0.125 e. The van der Waals surface area contributed by atoms with Gasteiger partial charge in [-0.1, -0.05) is 119 Å². The predicted molar refractivity (Wildman–Crippen MR) is 212 cm³/mol. The quantitative estimate of drug-likeness (QED) is 0.0986. The third-order valence-corrected chi connectivity index (χ3v) is 23.9. The van der Waals surface area contributed by atoms with Gasteiger partial charge in [0, 0.05) is 11.1 Å². The van der Waals surface area contributed by atoms with Crippen molar-refractivity contribution in [2.45, 2.75) is 116 Å². The molecule has 2 heteroatoms. The molecule has 5 aromatic carbocycles. The Labute approximate surface area is 281 Å². The summed E-state index contributed by atoms with van der Waals surface area (Å²) in [6.07, 6.45) is 0. The molecule has 0 aliphatic heterocycles. The molecule has 0 spiro atoms. The molecule has 5 aromatic rings. The maximum absolute atomic E-state index is 4.03. The zero-order chi connectivity index (χ0) is 33.6. The third-order valence-electron chi connectivity index (χ3n) is 11.3. The molecule has 0 N–H and O–H groups in total. The molecule has 0 fully saturated rings. The average molecular weight is 639 g/mol. The van der Waals surface area contributed by atoms with E-state index in [1.807, 2.05) is 0 Å². The highest BCUT2D eigenvalue weighted by Crippen LogP contribution is 2.42. The fourth-order valence-electron chi connectivity index (χ4n) is 8.92. The molecule has 0 heterocycles. The summed E-state index contributed by atoms with van der Waals surface area (Å²) in [5.74, 6) is 7.67. The van der Waals surface area contributed by atoms with Gasteiger partial charge in [-0.05, 0) is 125 Å². The van der Waals surface area contributed by atoms with E-state index in [-0.39, 0.29) is 0 Å². The van der Waals surface area contributed by atoms with Crippen molar-refractivity contribution >= 4 is 59.2 Å². The number of fused-ring (bicyclic) bond motifs is 4. The Balaban J connectivity index is 1.79. The van der Waals surface area contributed by atoms with Gasteiger partial charge in [-0.25, -0.2) is 0 Å². The van der Waals surface area contributed by atoms with Crippen LogP contribution < -0.4 is 0 Å². The highest BCUT2D eigenvalue weighted by atomic mass is 28.3. The van der Waals surface area contributed by atoms with Gasteiger partial charge in [-0.15, -0.1) is 11.1 Å². The highest BCUT2D eigenvalue weighted by molar-refractivity contribution is 6.91. The second-order valence-electron chi connectivity index (χ2n) is 15.6. The standard InChI is InChI=1S/C44H54Si2/c1-29(2)45(30(3)4,31(5)6)19-17-37-23-41-27-43-25-39-21-35-15-13-14-16-36(35)22-40(39)26-44(43)28-42(41)24-38(37)18-20-46(32(7)8,33(9)10)34(11)12/h13-16,21-34H,1-12H3. The molecule has 0 amide bonds. The second kappa shape index (κ2) is 13.1. The summed E-state index contributed by atoms with van der Waals surface area (Å²) in [4.78, 5) is 0. The van der Waals surface area contributed by atoms with Gasteiger partial charge in [0.1, 0.15) is 16.1 Å². The number of hydrogen-bond donors (Lipinski definition) is 0. The van der Waals surface area contributed by atoms with Gasteiger partial charge >= 0.3 is 0 Å². The summed E-state index contributed by atoms with van der Waals surface area (Å²) in [7, 11) is -3.82. The summed E-state index contributed by atoms with van der Waals surface area (Å²) in [6.45, 7) is 28.8. The molecule has 0 bridgehead atoms. The molecular weight excluding hydrogens is 585 g/mol. The summed E-state index contributed by atoms with van der Waals surface area (Å²) < 4.78 is 0. The molecule has 0 atom stereocenters. The Hall–Kier alpha value is -3.31. The predicted octanol–water partition coefficient (Wildman–Crippen LogP) is 13.4. The summed E-state index contributed by atoms with van der Waals surface area (Å²) >= 11 is 0. The smallest absolute Gasteiger partial charge is 0.125 e. The van der Waals surface area contributed by atoms with Crippen LogP contribution in [0.5, 0.6) is 0 Å². The molecule has 0 saturated carbocycles. The Morgan fingerprint density at radius 1 is 0.348 bits per heavy atom. The maximum atomic E-state index is 4.03. The van der Waals surface area contributed by atoms with Crippen LogP contribution in [-0.2, 0) is 0 Å². The van der Waals surface area contributed by atoms with Gasteiger partial charge in [-0.3, -0.25) is 0 Å². The van der Waals surface area contributed by atoms with E-state index in [0.29, 0.717) is 33.2 Å². The Bertz CT molecular complexity index is 1840. The van der Waals surface area contributed by atoms with Crippen molar-refractivity contribution in [3.63, 3.8) is 0 Å². The lowest BCUT2D eigenvalue weighted by Gasteiger charge is -2.38. The first-order chi connectivity index (χ1) is 21.7. The van der Waals surface area contributed by atoms with Gasteiger partial charge < -0.3 is 0 Å². The van der Waals surface area contributed by atoms with Crippen molar-refractivity contribution in [2.24, 2.45) is 0 Å². The van der Waals surface area contributed by atoms with Gasteiger partial charge in [0.15, 0.2) is 0 Å². The van der Waals surface area contributed by atoms with E-state index in [4.69, 9.17) is 0 Å². The van der Waals surface area contributed by atoms with Crippen LogP contribution in [0.25, 0.3) is 43.1 Å². The molecule has 0 aliphatic carbocycles. The lowest BCUT2D eigenvalue weighted by Crippen LogP contribution is -2.43. The zero-order valence-electron chi connectivity index (χ0n) is 30.4. The highest BCUT2D eigenvalue weighted by Gasteiger charge is 2.42. The molecule has 0 aromatic heterocycles. The van der Waals surface area contributed by atoms with Crippen molar-refractivity contribution in [3.05, 3.63) is 83.9 Å². The first-order valence-corrected chi connectivity index (χ1v) is 22.1. The molecular formula is C44H54Si2. The molecule has 238 valence electrons. The Morgan fingerprint density at radius 2 is 0.587 bits per heavy atom. The summed E-state index contributed by atoms with van der Waals surface area (Å²) in [5, 5.41) is 10.2. The largest absolute Gasteiger partial charge is 0.146 e. The summed E-state index contributed by atoms with van der Waals surface area (Å²) in [6, 6.07) is 27.5. The van der Waals surface area contributed by atoms with Crippen LogP contribution in [0, 0.1) is 22.9 Å². The van der Waals surface area contributed by atoms with E-state index < -0.39 is 16.1 Å². The second-order valence-corrected chi connectivity index (χ2v) is 26.8. The van der Waals surface area contributed by atoms with Crippen LogP contribution in [0.15, 0.2) is 72.8 Å². The molecule has 46 heavy (non-hydrogen) atoms. The SMILES string of the molecule is CC(C)[Si](C#Cc1cc2cc3cc4cc5ccccc5cc4cc3cc2cc1C#C[Si](C(C)C)(C(C)C)C(C)C)(C(C)C)C(C)C. The zero-order valence-corrected chi connectivity index (χ0v) is 32.4. The molecule has 0 saturated heterocycles. The lowest BCUT2D eigenvalue weighted by molar-refractivity contribution is 0.838. The topological polar surface area (TPSA) is 0 Å². The van der Waals surface area contributed by atoms with E-state index in [0.717, 1.165) is 11.1 Å². The normalized spacial score (nSPS) is 12.7. The molecule has 0 radical (unpaired) electrons. The number of benzene rings is 5. The van der Waals surface area contributed by atoms with Crippen molar-refractivity contribution in [1.82, 2.24) is 0 Å². The Morgan fingerprint density at radius 3 is 0.848 bits per heavy atom. The van der Waals surface area contributed by atoms with Crippen LogP contribution in [-0.4, -0.2) is 16.1 Å². The van der Waals surface area contributed by atoms with Crippen molar-refractivity contribution < 1.29 is 0 Å². The van der Waals surface area contributed by atoms with Gasteiger partial charge in [-0.2, -0.15) is 0 Å². The van der Waals surface area contributed by atoms with Gasteiger partial charge in [0.2, 0.25) is 0 Å². The maximum Gasteiger partial charge on any atom is 0.146 e. The minimum atomic E-state index is -1.91. The molecule has 0 unspecified atom stereocenters. The number of hydrogen-bond acceptors (Lipinski definition) is 0. The monoisotopic (exact) mass is 638 g/mol. The van der Waals surface area contributed by atoms with Crippen molar-refractivity contribution in [3.8, 4) is 22.9 Å². The van der Waals surface area contributed by atoms with Crippen LogP contribution >= 0.6 is 0 Å². The molecule has 0 aliphatic rings. The lowest BCUT2D eigenvalue weighted by atomic mass is 9.95. The van der Waals surface area contributed by atoms with Crippen LogP contribution in [0.3, 0.4) is 0 Å².